The second-order valence-corrected chi connectivity index (χ2v) is 9.08. The molecule has 1 amide bonds. The SMILES string of the molecule is Cc1ccc(C=NNC(=O)CSc2nnc(-c3ccncc3)n2-c2ccc(Cl)cc2)s1. The summed E-state index contributed by atoms with van der Waals surface area (Å²) in [5.41, 5.74) is 4.26. The van der Waals surface area contributed by atoms with Crippen LogP contribution < -0.4 is 5.43 Å². The predicted octanol–water partition coefficient (Wildman–Crippen LogP) is 4.60. The molecule has 0 spiro atoms. The zero-order valence-electron chi connectivity index (χ0n) is 16.4. The summed E-state index contributed by atoms with van der Waals surface area (Å²) in [6, 6.07) is 15.1. The molecule has 0 unspecified atom stereocenters. The molecular weight excluding hydrogens is 452 g/mol. The standard InChI is InChI=1S/C21H17ClN6OS2/c1-14-2-7-18(31-14)12-24-25-19(29)13-30-21-27-26-20(15-8-10-23-11-9-15)28(21)17-5-3-16(22)4-6-17/h2-12H,13H2,1H3,(H,25,29). The van der Waals surface area contributed by atoms with Crippen molar-refractivity contribution in [2.45, 2.75) is 12.1 Å². The van der Waals surface area contributed by atoms with Crippen molar-refractivity contribution < 1.29 is 4.79 Å². The van der Waals surface area contributed by atoms with E-state index >= 15 is 0 Å². The number of nitrogens with zero attached hydrogens (tertiary/aromatic N) is 5. The molecule has 0 radical (unpaired) electrons. The maximum Gasteiger partial charge on any atom is 0.250 e. The van der Waals surface area contributed by atoms with Crippen LogP contribution in [0.3, 0.4) is 0 Å². The van der Waals surface area contributed by atoms with E-state index < -0.39 is 0 Å². The molecule has 0 saturated carbocycles. The number of aryl methyl sites for hydroxylation is 1. The number of nitrogens with one attached hydrogen (secondary N) is 1. The highest BCUT2D eigenvalue weighted by molar-refractivity contribution is 7.99. The van der Waals surface area contributed by atoms with Crippen LogP contribution in [0.25, 0.3) is 17.1 Å². The molecule has 0 atom stereocenters. The van der Waals surface area contributed by atoms with E-state index in [1.807, 2.05) is 47.9 Å². The molecule has 4 aromatic rings. The van der Waals surface area contributed by atoms with Gasteiger partial charge in [0.2, 0.25) is 0 Å². The third kappa shape index (κ3) is 5.38. The van der Waals surface area contributed by atoms with Gasteiger partial charge >= 0.3 is 0 Å². The summed E-state index contributed by atoms with van der Waals surface area (Å²) in [5.74, 6) is 0.562. The van der Waals surface area contributed by atoms with E-state index in [1.54, 1.807) is 42.1 Å². The molecule has 0 aliphatic carbocycles. The Morgan fingerprint density at radius 3 is 2.65 bits per heavy atom. The zero-order chi connectivity index (χ0) is 21.6. The van der Waals surface area contributed by atoms with Crippen LogP contribution in [0.2, 0.25) is 5.02 Å². The Labute approximate surface area is 192 Å². The second kappa shape index (κ2) is 9.86. The first-order valence-corrected chi connectivity index (χ1v) is 11.4. The highest BCUT2D eigenvalue weighted by Gasteiger charge is 2.17. The van der Waals surface area contributed by atoms with E-state index in [0.717, 1.165) is 16.1 Å². The average Bonchev–Trinajstić information content (AvgIpc) is 3.39. The Hall–Kier alpha value is -3.01. The molecule has 1 N–H and O–H groups in total. The molecule has 3 aromatic heterocycles. The number of thioether (sulfide) groups is 1. The molecule has 10 heteroatoms. The molecule has 0 aliphatic heterocycles. The van der Waals surface area contributed by atoms with Crippen molar-refractivity contribution in [3.05, 3.63) is 75.7 Å². The maximum atomic E-state index is 12.3. The van der Waals surface area contributed by atoms with Crippen LogP contribution in [0.4, 0.5) is 0 Å². The summed E-state index contributed by atoms with van der Waals surface area (Å²) < 4.78 is 1.89. The minimum atomic E-state index is -0.231. The van der Waals surface area contributed by atoms with Crippen LogP contribution in [0.1, 0.15) is 9.75 Å². The topological polar surface area (TPSA) is 85.1 Å². The zero-order valence-corrected chi connectivity index (χ0v) is 18.8. The van der Waals surface area contributed by atoms with Crippen LogP contribution in [0.5, 0.6) is 0 Å². The summed E-state index contributed by atoms with van der Waals surface area (Å²) in [5, 5.41) is 13.9. The maximum absolute atomic E-state index is 12.3. The number of benzene rings is 1. The Bertz CT molecular complexity index is 1200. The molecule has 4 rings (SSSR count). The van der Waals surface area contributed by atoms with E-state index in [2.05, 4.69) is 25.7 Å². The minimum Gasteiger partial charge on any atom is -0.272 e. The number of hydrazone groups is 1. The molecule has 156 valence electrons. The number of carbonyl (C=O) groups is 1. The predicted molar refractivity (Wildman–Crippen MR) is 125 cm³/mol. The van der Waals surface area contributed by atoms with Gasteiger partial charge in [0.15, 0.2) is 11.0 Å². The third-order valence-corrected chi connectivity index (χ3v) is 6.25. The van der Waals surface area contributed by atoms with Crippen molar-refractivity contribution in [2.75, 3.05) is 5.75 Å². The molecule has 1 aromatic carbocycles. The number of aromatic nitrogens is 4. The monoisotopic (exact) mass is 468 g/mol. The number of amides is 1. The van der Waals surface area contributed by atoms with Crippen molar-refractivity contribution >= 4 is 46.8 Å². The van der Waals surface area contributed by atoms with Crippen molar-refractivity contribution in [3.8, 4) is 17.1 Å². The normalized spacial score (nSPS) is 11.2. The number of pyridine rings is 1. The lowest BCUT2D eigenvalue weighted by Gasteiger charge is -2.10. The quantitative estimate of drug-likeness (QED) is 0.243. The van der Waals surface area contributed by atoms with Crippen LogP contribution in [0.15, 0.2) is 71.2 Å². The molecule has 0 fully saturated rings. The average molecular weight is 469 g/mol. The van der Waals surface area contributed by atoms with Crippen LogP contribution in [-0.2, 0) is 4.79 Å². The minimum absolute atomic E-state index is 0.142. The molecular formula is C21H17ClN6OS2. The van der Waals surface area contributed by atoms with Gasteiger partial charge in [-0.05, 0) is 55.5 Å². The smallest absolute Gasteiger partial charge is 0.250 e. The number of hydrogen-bond acceptors (Lipinski definition) is 7. The van der Waals surface area contributed by atoms with Crippen molar-refractivity contribution in [2.24, 2.45) is 5.10 Å². The second-order valence-electron chi connectivity index (χ2n) is 6.38. The number of rotatable bonds is 7. The largest absolute Gasteiger partial charge is 0.272 e. The van der Waals surface area contributed by atoms with Crippen molar-refractivity contribution in [1.82, 2.24) is 25.2 Å². The van der Waals surface area contributed by atoms with Crippen LogP contribution in [0, 0.1) is 6.92 Å². The van der Waals surface area contributed by atoms with Gasteiger partial charge in [0.05, 0.1) is 12.0 Å². The lowest BCUT2D eigenvalue weighted by atomic mass is 10.2. The van der Waals surface area contributed by atoms with Gasteiger partial charge in [0.1, 0.15) is 0 Å². The fourth-order valence-electron chi connectivity index (χ4n) is 2.73. The Kier molecular flexibility index (Phi) is 6.76. The van der Waals surface area contributed by atoms with Crippen LogP contribution >= 0.6 is 34.7 Å². The lowest BCUT2D eigenvalue weighted by Crippen LogP contribution is -2.19. The third-order valence-electron chi connectivity index (χ3n) is 4.13. The van der Waals surface area contributed by atoms with E-state index in [0.29, 0.717) is 16.0 Å². The van der Waals surface area contributed by atoms with E-state index in [4.69, 9.17) is 11.6 Å². The number of halogens is 1. The van der Waals surface area contributed by atoms with Gasteiger partial charge in [-0.1, -0.05) is 23.4 Å². The summed E-state index contributed by atoms with van der Waals surface area (Å²) >= 11 is 8.93. The number of hydrogen-bond donors (Lipinski definition) is 1. The van der Waals surface area contributed by atoms with Gasteiger partial charge < -0.3 is 0 Å². The van der Waals surface area contributed by atoms with Gasteiger partial charge in [0.25, 0.3) is 5.91 Å². The first-order chi connectivity index (χ1) is 15.1. The van der Waals surface area contributed by atoms with Gasteiger partial charge in [-0.3, -0.25) is 14.3 Å². The van der Waals surface area contributed by atoms with Gasteiger partial charge in [-0.15, -0.1) is 21.5 Å². The van der Waals surface area contributed by atoms with Gasteiger partial charge in [-0.2, -0.15) is 5.10 Å². The highest BCUT2D eigenvalue weighted by atomic mass is 35.5. The Balaban J connectivity index is 1.51. The van der Waals surface area contributed by atoms with Crippen molar-refractivity contribution in [1.29, 1.82) is 0 Å². The summed E-state index contributed by atoms with van der Waals surface area (Å²) in [4.78, 5) is 18.5. The highest BCUT2D eigenvalue weighted by Crippen LogP contribution is 2.28. The summed E-state index contributed by atoms with van der Waals surface area (Å²) in [6.07, 6.45) is 5.03. The van der Waals surface area contributed by atoms with Gasteiger partial charge in [0, 0.05) is 38.4 Å². The number of carbonyl (C=O) groups excluding carboxylic acids is 1. The molecule has 31 heavy (non-hydrogen) atoms. The molecule has 0 aliphatic rings. The summed E-state index contributed by atoms with van der Waals surface area (Å²) in [6.45, 7) is 2.02. The molecule has 7 nitrogen and oxygen atoms in total. The molecule has 0 saturated heterocycles. The van der Waals surface area contributed by atoms with Gasteiger partial charge in [-0.25, -0.2) is 5.43 Å². The molecule has 3 heterocycles. The molecule has 0 bridgehead atoms. The first-order valence-electron chi connectivity index (χ1n) is 9.23. The summed E-state index contributed by atoms with van der Waals surface area (Å²) in [7, 11) is 0. The lowest BCUT2D eigenvalue weighted by molar-refractivity contribution is -0.118. The van der Waals surface area contributed by atoms with Crippen molar-refractivity contribution in [3.63, 3.8) is 0 Å². The Morgan fingerprint density at radius 2 is 1.94 bits per heavy atom. The first kappa shape index (κ1) is 21.2. The van der Waals surface area contributed by atoms with Crippen LogP contribution in [-0.4, -0.2) is 37.6 Å². The number of thiophene rings is 1. The Morgan fingerprint density at radius 1 is 1.16 bits per heavy atom. The van der Waals surface area contributed by atoms with E-state index in [9.17, 15) is 4.79 Å². The fourth-order valence-corrected chi connectivity index (χ4v) is 4.35. The van der Waals surface area contributed by atoms with E-state index in [-0.39, 0.29) is 11.7 Å². The fraction of sp³-hybridized carbons (Fsp3) is 0.0952. The van der Waals surface area contributed by atoms with E-state index in [1.165, 1.54) is 16.6 Å².